The fraction of sp³-hybridized carbons (Fsp3) is 0.667. The zero-order chi connectivity index (χ0) is 15.4. The Hall–Kier alpha value is -1.34. The molecule has 1 heterocycles. The molecule has 0 radical (unpaired) electrons. The van der Waals surface area contributed by atoms with E-state index >= 15 is 0 Å². The van der Waals surface area contributed by atoms with Gasteiger partial charge in [0.05, 0.1) is 6.54 Å². The first-order valence-corrected chi connectivity index (χ1v) is 6.13. The normalized spacial score (nSPS) is 26.8. The number of amides is 2. The van der Waals surface area contributed by atoms with Crippen LogP contribution in [0.4, 0.5) is 14.0 Å². The third-order valence-corrected chi connectivity index (χ3v) is 2.84. The molecule has 2 amide bonds. The fourth-order valence-corrected chi connectivity index (χ4v) is 1.45. The zero-order valence-corrected chi connectivity index (χ0v) is 12.6. The second-order valence-electron chi connectivity index (χ2n) is 5.02. The second-order valence-corrected chi connectivity index (χ2v) is 5.98. The number of alkyl halides is 1. The lowest BCUT2D eigenvalue weighted by Gasteiger charge is -2.37. The smallest absolute Gasteiger partial charge is 0.419 e. The monoisotopic (exact) mass is 291 g/mol. The van der Waals surface area contributed by atoms with Gasteiger partial charge in [-0.2, -0.15) is 0 Å². The summed E-state index contributed by atoms with van der Waals surface area (Å²) in [4.78, 5) is 23.7. The Bertz CT molecular complexity index is 376. The number of hydrogen-bond acceptors (Lipinski definition) is 4. The van der Waals surface area contributed by atoms with Crippen LogP contribution in [0, 0.1) is 12.8 Å². The molecule has 0 bridgehead atoms. The molecule has 0 aromatic rings. The Morgan fingerprint density at radius 2 is 2.05 bits per heavy atom. The number of carbonyl (C=O) groups excluding carboxylic acids is 2. The summed E-state index contributed by atoms with van der Waals surface area (Å²) in [5, 5.41) is -1.86. The van der Waals surface area contributed by atoms with Crippen LogP contribution in [0.25, 0.3) is 0 Å². The number of carbonyl (C=O) groups is 2. The van der Waals surface area contributed by atoms with Gasteiger partial charge in [0.2, 0.25) is 0 Å². The highest BCUT2D eigenvalue weighted by Crippen LogP contribution is 2.33. The summed E-state index contributed by atoms with van der Waals surface area (Å²) in [6.45, 7) is 6.01. The van der Waals surface area contributed by atoms with Crippen LogP contribution in [0.2, 0.25) is 0 Å². The van der Waals surface area contributed by atoms with Crippen LogP contribution in [0.3, 0.4) is 0 Å². The van der Waals surface area contributed by atoms with Gasteiger partial charge in [0, 0.05) is 0 Å². The molecule has 5 nitrogen and oxygen atoms in total. The first kappa shape index (κ1) is 17.7. The van der Waals surface area contributed by atoms with Crippen molar-refractivity contribution in [2.24, 2.45) is 0 Å². The van der Waals surface area contributed by atoms with Gasteiger partial charge >= 0.3 is 12.2 Å². The summed E-state index contributed by atoms with van der Waals surface area (Å²) in [5.41, 5.74) is -0.750. The van der Waals surface area contributed by atoms with Crippen LogP contribution in [-0.4, -0.2) is 40.7 Å². The Balaban J connectivity index is 0.00000154. The largest absolute Gasteiger partial charge is 0.443 e. The number of hydrogen-bond donors (Lipinski definition) is 0. The van der Waals surface area contributed by atoms with Crippen molar-refractivity contribution in [2.75, 3.05) is 6.54 Å². The predicted octanol–water partition coefficient (Wildman–Crippen LogP) is 2.55. The van der Waals surface area contributed by atoms with E-state index in [4.69, 9.17) is 9.47 Å². The summed E-state index contributed by atoms with van der Waals surface area (Å²) in [6, 6.07) is 0. The number of terminal acetylenes is 1. The third kappa shape index (κ3) is 5.04. The van der Waals surface area contributed by atoms with Gasteiger partial charge in [0.25, 0.3) is 0 Å². The van der Waals surface area contributed by atoms with E-state index in [1.165, 1.54) is 6.92 Å². The van der Waals surface area contributed by atoms with Gasteiger partial charge in [-0.1, -0.05) is 9.24 Å². The van der Waals surface area contributed by atoms with Crippen molar-refractivity contribution in [3.05, 3.63) is 0 Å². The summed E-state index contributed by atoms with van der Waals surface area (Å²) < 4.78 is 23.6. The topological polar surface area (TPSA) is 55.8 Å². The Kier molecular flexibility index (Phi) is 5.77. The molecule has 0 N–H and O–H groups in total. The number of cyclic esters (lactones) is 1. The minimum absolute atomic E-state index is 0.396. The summed E-state index contributed by atoms with van der Waals surface area (Å²) >= 11 is 0. The van der Waals surface area contributed by atoms with Crippen LogP contribution < -0.4 is 0 Å². The molecule has 19 heavy (non-hydrogen) atoms. The van der Waals surface area contributed by atoms with Gasteiger partial charge in [-0.3, -0.25) is 0 Å². The quantitative estimate of drug-likeness (QED) is 0.508. The molecule has 1 rings (SSSR count). The van der Waals surface area contributed by atoms with Gasteiger partial charge in [0.15, 0.2) is 5.41 Å². The van der Waals surface area contributed by atoms with Gasteiger partial charge in [-0.25, -0.2) is 18.9 Å². The maximum Gasteiger partial charge on any atom is 0.419 e. The minimum Gasteiger partial charge on any atom is -0.443 e. The lowest BCUT2D eigenvalue weighted by molar-refractivity contribution is -0.0418. The van der Waals surface area contributed by atoms with E-state index < -0.39 is 35.8 Å². The molecule has 7 heteroatoms. The summed E-state index contributed by atoms with van der Waals surface area (Å²) in [7, 11) is 1.95. The zero-order valence-electron chi connectivity index (χ0n) is 11.5. The lowest BCUT2D eigenvalue weighted by atomic mass is 10.2. The molecule has 0 saturated carbocycles. The van der Waals surface area contributed by atoms with E-state index in [0.29, 0.717) is 4.90 Å². The van der Waals surface area contributed by atoms with Gasteiger partial charge in [-0.05, 0) is 27.7 Å². The number of rotatable bonds is 0. The average molecular weight is 291 g/mol. The maximum atomic E-state index is 13.9. The van der Waals surface area contributed by atoms with E-state index in [2.05, 4.69) is 12.8 Å². The molecule has 3 unspecified atom stereocenters. The Morgan fingerprint density at radius 3 is 2.47 bits per heavy atom. The summed E-state index contributed by atoms with van der Waals surface area (Å²) in [5.74, 6) is 0. The van der Waals surface area contributed by atoms with Crippen LogP contribution >= 0.6 is 9.24 Å². The molecule has 1 saturated heterocycles. The van der Waals surface area contributed by atoms with Gasteiger partial charge in [-0.15, -0.1) is 12.8 Å². The molecule has 108 valence electrons. The molecule has 0 aromatic carbocycles. The molecule has 1 fully saturated rings. The highest BCUT2D eigenvalue weighted by atomic mass is 31.0. The predicted molar refractivity (Wildman–Crippen MR) is 72.3 cm³/mol. The van der Waals surface area contributed by atoms with Crippen molar-refractivity contribution in [1.82, 2.24) is 4.90 Å². The molecule has 0 aromatic heterocycles. The van der Waals surface area contributed by atoms with Crippen molar-refractivity contribution < 1.29 is 23.5 Å². The van der Waals surface area contributed by atoms with Crippen LogP contribution in [0.1, 0.15) is 27.7 Å². The molecule has 0 aliphatic carbocycles. The number of nitrogens with zero attached hydrogens (tertiary/aromatic N) is 1. The van der Waals surface area contributed by atoms with E-state index in [0.717, 1.165) is 0 Å². The summed E-state index contributed by atoms with van der Waals surface area (Å²) in [6.07, 6.45) is 5.29. The van der Waals surface area contributed by atoms with Crippen LogP contribution in [-0.2, 0) is 9.47 Å². The van der Waals surface area contributed by atoms with E-state index in [-0.39, 0.29) is 0 Å². The highest BCUT2D eigenvalue weighted by Gasteiger charge is 2.46. The molecule has 3 atom stereocenters. The van der Waals surface area contributed by atoms with Crippen LogP contribution in [0.5, 0.6) is 0 Å². The lowest BCUT2D eigenvalue weighted by Crippen LogP contribution is -2.56. The third-order valence-electron chi connectivity index (χ3n) is 2.19. The fourth-order valence-electron chi connectivity index (χ4n) is 1.20. The highest BCUT2D eigenvalue weighted by molar-refractivity contribution is 7.18. The van der Waals surface area contributed by atoms with E-state index in [1.54, 1.807) is 20.8 Å². The number of halogens is 1. The number of imide groups is 1. The molecule has 0 spiro atoms. The molecule has 1 aliphatic heterocycles. The first-order chi connectivity index (χ1) is 8.53. The van der Waals surface area contributed by atoms with E-state index in [1.807, 2.05) is 9.24 Å². The second kappa shape index (κ2) is 6.21. The van der Waals surface area contributed by atoms with Crippen molar-refractivity contribution >= 4 is 21.4 Å². The number of ether oxygens (including phenoxy) is 2. The molecular formula is C12H19FNO4P. The minimum atomic E-state index is -1.86. The average Bonchev–Trinajstić information content (AvgIpc) is 2.24. The standard InChI is InChI=1S/C10H17FNO4P.C2H2/c1-6-10(11,17)5-12(7(13)15-6)8(14)16-9(2,3)4;1-2/h6H,5,17H2,1-4H3;1-2H. The van der Waals surface area contributed by atoms with Gasteiger partial charge in [0.1, 0.15) is 11.7 Å². The van der Waals surface area contributed by atoms with Crippen molar-refractivity contribution in [1.29, 1.82) is 0 Å². The van der Waals surface area contributed by atoms with Crippen molar-refractivity contribution in [2.45, 2.75) is 44.8 Å². The Morgan fingerprint density at radius 1 is 1.58 bits per heavy atom. The van der Waals surface area contributed by atoms with Crippen LogP contribution in [0.15, 0.2) is 0 Å². The molecular weight excluding hydrogens is 272 g/mol. The van der Waals surface area contributed by atoms with E-state index in [9.17, 15) is 14.0 Å². The Labute approximate surface area is 115 Å². The molecule has 1 aliphatic rings. The van der Waals surface area contributed by atoms with Crippen molar-refractivity contribution in [3.8, 4) is 12.8 Å². The maximum absolute atomic E-state index is 13.9. The first-order valence-electron chi connectivity index (χ1n) is 5.55. The van der Waals surface area contributed by atoms with Gasteiger partial charge < -0.3 is 9.47 Å². The van der Waals surface area contributed by atoms with Crippen molar-refractivity contribution in [3.63, 3.8) is 0 Å². The SMILES string of the molecule is C#C.CC1OC(=O)N(C(=O)OC(C)(C)C)CC1(F)P.